The molecule has 7 aromatic carbocycles. The molecule has 1 aromatic heterocycles. The van der Waals surface area contributed by atoms with Crippen molar-refractivity contribution in [3.8, 4) is 5.69 Å². The van der Waals surface area contributed by atoms with Crippen LogP contribution in [0.1, 0.15) is 59.9 Å². The number of rotatable bonds is 8. The van der Waals surface area contributed by atoms with Gasteiger partial charge in [-0.2, -0.15) is 0 Å². The summed E-state index contributed by atoms with van der Waals surface area (Å²) in [5.74, 6) is 0.512. The molecule has 0 saturated heterocycles. The van der Waals surface area contributed by atoms with Gasteiger partial charge in [0, 0.05) is 39.7 Å². The molecule has 312 valence electrons. The summed E-state index contributed by atoms with van der Waals surface area (Å²) in [6, 6.07) is 56.3. The minimum Gasteiger partial charge on any atom is -0.358 e. The van der Waals surface area contributed by atoms with Gasteiger partial charge in [-0.25, -0.2) is 0 Å². The van der Waals surface area contributed by atoms with Crippen LogP contribution in [0.5, 0.6) is 0 Å². The highest BCUT2D eigenvalue weighted by atomic mass is 15.0. The molecular weight excluding hydrogens is 785 g/mol. The molecule has 0 spiro atoms. The van der Waals surface area contributed by atoms with Gasteiger partial charge >= 0.3 is 0 Å². The first kappa shape index (κ1) is 39.0. The minimum absolute atomic E-state index is 0.126. The Balaban J connectivity index is 0.896. The minimum atomic E-state index is 0.126. The number of aromatic nitrogens is 1. The van der Waals surface area contributed by atoms with E-state index in [4.69, 9.17) is 0 Å². The first-order valence-corrected chi connectivity index (χ1v) is 23.2. The van der Waals surface area contributed by atoms with Crippen molar-refractivity contribution in [2.45, 2.75) is 38.5 Å². The van der Waals surface area contributed by atoms with Crippen molar-refractivity contribution < 1.29 is 0 Å². The van der Waals surface area contributed by atoms with Crippen molar-refractivity contribution in [2.75, 3.05) is 5.32 Å². The predicted octanol–water partition coefficient (Wildman–Crippen LogP) is 14.6. The van der Waals surface area contributed by atoms with Gasteiger partial charge in [-0.3, -0.25) is 0 Å². The lowest BCUT2D eigenvalue weighted by atomic mass is 9.73. The molecule has 4 aliphatic carbocycles. The van der Waals surface area contributed by atoms with Crippen LogP contribution in [0.25, 0.3) is 67.1 Å². The molecule has 0 amide bonds. The van der Waals surface area contributed by atoms with Crippen molar-refractivity contribution >= 4 is 67.1 Å². The summed E-state index contributed by atoms with van der Waals surface area (Å²) >= 11 is 0. The van der Waals surface area contributed by atoms with Crippen molar-refractivity contribution in [3.05, 3.63) is 256 Å². The van der Waals surface area contributed by atoms with E-state index < -0.39 is 0 Å². The predicted molar refractivity (Wildman–Crippen MR) is 277 cm³/mol. The first-order chi connectivity index (χ1) is 32.1. The lowest BCUT2D eigenvalue weighted by Gasteiger charge is -2.31. The standard InChI is InChI=1S/C63H50N2/c1-3-4-6-15-41(2)57-38-43(28-34-61(57)64-48-17-7-5-8-18-48)44-29-35-63-60(39-44)56-22-13-14-23-62(56)65(63)49-30-33-52-47(37-49)25-24-45-36-46(27-31-51(45)52)58-40-59-50-19-10-9-16-42(50)26-32-55(59)53-20-11-12-21-54(53)58/h3-26,28-30,32-37,39,57,59,64H,2,27,31,38,40H2,1H3/b4-3-,15-6-. The van der Waals surface area contributed by atoms with Gasteiger partial charge in [-0.1, -0.05) is 164 Å². The number of hydrogen-bond donors (Lipinski definition) is 1. The molecule has 0 saturated carbocycles. The maximum absolute atomic E-state index is 4.55. The Hall–Kier alpha value is -7.68. The van der Waals surface area contributed by atoms with E-state index in [0.29, 0.717) is 5.92 Å². The van der Waals surface area contributed by atoms with Gasteiger partial charge in [-0.15, -0.1) is 0 Å². The number of aryl methyl sites for hydroxylation is 1. The first-order valence-electron chi connectivity index (χ1n) is 23.2. The molecule has 0 fully saturated rings. The summed E-state index contributed by atoms with van der Waals surface area (Å²) in [4.78, 5) is 0. The molecule has 65 heavy (non-hydrogen) atoms. The summed E-state index contributed by atoms with van der Waals surface area (Å²) in [7, 11) is 0. The Morgan fingerprint density at radius 2 is 1.46 bits per heavy atom. The highest BCUT2D eigenvalue weighted by Crippen LogP contribution is 2.44. The highest BCUT2D eigenvalue weighted by Gasteiger charge is 2.29. The van der Waals surface area contributed by atoms with Crippen LogP contribution in [0.15, 0.2) is 218 Å². The second-order valence-corrected chi connectivity index (χ2v) is 18.0. The van der Waals surface area contributed by atoms with Gasteiger partial charge in [0.05, 0.1) is 11.0 Å². The molecular formula is C63H50N2. The second-order valence-electron chi connectivity index (χ2n) is 18.0. The van der Waals surface area contributed by atoms with Crippen LogP contribution in [0.2, 0.25) is 0 Å². The second kappa shape index (κ2) is 16.1. The van der Waals surface area contributed by atoms with Crippen LogP contribution < -0.4 is 15.8 Å². The number of fused-ring (bicyclic) bond motifs is 10. The van der Waals surface area contributed by atoms with Crippen molar-refractivity contribution in [3.63, 3.8) is 0 Å². The van der Waals surface area contributed by atoms with Crippen LogP contribution in [0.3, 0.4) is 0 Å². The van der Waals surface area contributed by atoms with Crippen molar-refractivity contribution in [2.24, 2.45) is 5.92 Å². The number of nitrogens with zero attached hydrogens (tertiary/aromatic N) is 1. The zero-order valence-corrected chi connectivity index (χ0v) is 36.8. The summed E-state index contributed by atoms with van der Waals surface area (Å²) in [5, 5.41) is 11.7. The highest BCUT2D eigenvalue weighted by molar-refractivity contribution is 6.10. The summed E-state index contributed by atoms with van der Waals surface area (Å²) in [6.07, 6.45) is 24.1. The largest absolute Gasteiger partial charge is 0.358 e. The fraction of sp³-hybridized carbons (Fsp3) is 0.111. The van der Waals surface area contributed by atoms with E-state index >= 15 is 0 Å². The monoisotopic (exact) mass is 834 g/mol. The van der Waals surface area contributed by atoms with Crippen molar-refractivity contribution in [1.29, 1.82) is 0 Å². The molecule has 0 aliphatic heterocycles. The Labute approximate surface area is 381 Å². The van der Waals surface area contributed by atoms with Gasteiger partial charge in [0.1, 0.15) is 0 Å². The molecule has 0 bridgehead atoms. The third-order valence-corrected chi connectivity index (χ3v) is 14.4. The molecule has 12 rings (SSSR count). The smallest absolute Gasteiger partial charge is 0.0541 e. The summed E-state index contributed by atoms with van der Waals surface area (Å²) < 4.78 is 2.46. The van der Waals surface area contributed by atoms with Crippen LogP contribution >= 0.6 is 0 Å². The van der Waals surface area contributed by atoms with Gasteiger partial charge in [0.2, 0.25) is 0 Å². The molecule has 2 heteroatoms. The molecule has 1 heterocycles. The maximum atomic E-state index is 4.55. The van der Waals surface area contributed by atoms with Crippen LogP contribution in [0, 0.1) is 5.92 Å². The molecule has 0 radical (unpaired) electrons. The van der Waals surface area contributed by atoms with E-state index in [-0.39, 0.29) is 5.92 Å². The van der Waals surface area contributed by atoms with E-state index in [1.807, 2.05) is 6.92 Å². The Bertz CT molecular complexity index is 3600. The van der Waals surface area contributed by atoms with E-state index in [2.05, 4.69) is 223 Å². The number of para-hydroxylation sites is 2. The Morgan fingerprint density at radius 3 is 2.37 bits per heavy atom. The van der Waals surface area contributed by atoms with Gasteiger partial charge in [0.25, 0.3) is 0 Å². The number of allylic oxidation sites excluding steroid dienone is 10. The van der Waals surface area contributed by atoms with Gasteiger partial charge in [0.15, 0.2) is 0 Å². The molecule has 2 nitrogen and oxygen atoms in total. The number of nitrogens with one attached hydrogen (secondary N) is 1. The quantitative estimate of drug-likeness (QED) is 0.151. The van der Waals surface area contributed by atoms with Gasteiger partial charge in [-0.05, 0) is 158 Å². The summed E-state index contributed by atoms with van der Waals surface area (Å²) in [6.45, 7) is 6.59. The topological polar surface area (TPSA) is 17.0 Å². The van der Waals surface area contributed by atoms with E-state index in [9.17, 15) is 0 Å². The van der Waals surface area contributed by atoms with E-state index in [0.717, 1.165) is 42.6 Å². The number of hydrogen-bond acceptors (Lipinski definition) is 1. The lowest BCUT2D eigenvalue weighted by Crippen LogP contribution is -2.35. The number of benzene rings is 7. The average Bonchev–Trinajstić information content (AvgIpc) is 3.69. The molecule has 1 N–H and O–H groups in total. The third kappa shape index (κ3) is 6.80. The van der Waals surface area contributed by atoms with Crippen LogP contribution in [0.4, 0.5) is 5.69 Å². The van der Waals surface area contributed by atoms with Crippen LogP contribution in [-0.4, -0.2) is 4.57 Å². The SMILES string of the molecule is C=C(/C=C\C=C/C)C1CC(c2ccc3c(c2)c2ccccc2n3-c2ccc3c4c(ccc3c2)C=C(C2=c3ccccc3=C3C=Cc5ccccc5C3C2)CC4)=CC=C1Nc1ccccc1. The summed E-state index contributed by atoms with van der Waals surface area (Å²) in [5.41, 5.74) is 19.6. The Morgan fingerprint density at radius 1 is 0.646 bits per heavy atom. The lowest BCUT2D eigenvalue weighted by molar-refractivity contribution is 0.752. The molecule has 2 atom stereocenters. The average molecular weight is 835 g/mol. The van der Waals surface area contributed by atoms with Gasteiger partial charge < -0.3 is 9.88 Å². The third-order valence-electron chi connectivity index (χ3n) is 14.4. The van der Waals surface area contributed by atoms with Crippen molar-refractivity contribution in [1.82, 2.24) is 4.57 Å². The number of anilines is 1. The maximum Gasteiger partial charge on any atom is 0.0541 e. The van der Waals surface area contributed by atoms with E-state index in [1.165, 1.54) is 98.8 Å². The zero-order valence-electron chi connectivity index (χ0n) is 36.8. The van der Waals surface area contributed by atoms with E-state index in [1.54, 1.807) is 0 Å². The fourth-order valence-corrected chi connectivity index (χ4v) is 11.2. The Kier molecular flexibility index (Phi) is 9.68. The zero-order chi connectivity index (χ0) is 43.4. The molecule has 2 unspecified atom stereocenters. The fourth-order valence-electron chi connectivity index (χ4n) is 11.2. The normalized spacial score (nSPS) is 17.8. The molecule has 4 aliphatic rings. The van der Waals surface area contributed by atoms with Crippen LogP contribution in [-0.2, 0) is 6.42 Å². The molecule has 8 aromatic rings.